The lowest BCUT2D eigenvalue weighted by Crippen LogP contribution is -2.30. The molecule has 0 spiro atoms. The number of ether oxygens (including phenoxy) is 1. The van der Waals surface area contributed by atoms with Gasteiger partial charge in [-0.2, -0.15) is 0 Å². The van der Waals surface area contributed by atoms with Crippen molar-refractivity contribution in [3.05, 3.63) is 59.7 Å². The Kier molecular flexibility index (Phi) is 6.17. The van der Waals surface area contributed by atoms with Gasteiger partial charge in [0, 0.05) is 18.2 Å². The van der Waals surface area contributed by atoms with Crippen LogP contribution in [0.1, 0.15) is 29.8 Å². The predicted molar refractivity (Wildman–Crippen MR) is 96.1 cm³/mol. The highest BCUT2D eigenvalue weighted by molar-refractivity contribution is 7.89. The molecule has 2 aromatic carbocycles. The first-order valence-corrected chi connectivity index (χ1v) is 9.34. The molecular weight excluding hydrogens is 340 g/mol. The van der Waals surface area contributed by atoms with Crippen LogP contribution in [0.2, 0.25) is 0 Å². The highest BCUT2D eigenvalue weighted by Crippen LogP contribution is 2.25. The highest BCUT2D eigenvalue weighted by Gasteiger charge is 2.21. The van der Waals surface area contributed by atoms with Crippen molar-refractivity contribution in [1.82, 2.24) is 10.0 Å². The summed E-state index contributed by atoms with van der Waals surface area (Å²) >= 11 is 0. The minimum absolute atomic E-state index is 0.0501. The van der Waals surface area contributed by atoms with Crippen molar-refractivity contribution in [1.29, 1.82) is 0 Å². The first-order chi connectivity index (χ1) is 11.8. The second-order valence-corrected chi connectivity index (χ2v) is 7.54. The van der Waals surface area contributed by atoms with Crippen molar-refractivity contribution in [2.75, 3.05) is 7.11 Å². The summed E-state index contributed by atoms with van der Waals surface area (Å²) < 4.78 is 33.0. The lowest BCUT2D eigenvalue weighted by atomic mass is 10.2. The number of nitrogens with one attached hydrogen (secondary N) is 2. The fraction of sp³-hybridized carbons (Fsp3) is 0.278. The summed E-state index contributed by atoms with van der Waals surface area (Å²) in [6.07, 6.45) is 0. The first kappa shape index (κ1) is 19.0. The summed E-state index contributed by atoms with van der Waals surface area (Å²) in [6, 6.07) is 13.5. The summed E-state index contributed by atoms with van der Waals surface area (Å²) in [5.74, 6) is -0.154. The summed E-state index contributed by atoms with van der Waals surface area (Å²) in [4.78, 5) is 12.1. The number of carbonyl (C=O) groups excluding carboxylic acids is 1. The van der Waals surface area contributed by atoms with Crippen LogP contribution in [0.5, 0.6) is 5.75 Å². The van der Waals surface area contributed by atoms with E-state index in [-0.39, 0.29) is 34.7 Å². The fourth-order valence-electron chi connectivity index (χ4n) is 2.23. The zero-order valence-corrected chi connectivity index (χ0v) is 15.3. The van der Waals surface area contributed by atoms with E-state index in [1.807, 2.05) is 44.2 Å². The average molecular weight is 362 g/mol. The molecule has 1 amide bonds. The quantitative estimate of drug-likeness (QED) is 0.792. The molecule has 0 aliphatic carbocycles. The van der Waals surface area contributed by atoms with E-state index in [1.54, 1.807) is 0 Å². The number of hydrogen-bond donors (Lipinski definition) is 2. The Bertz CT molecular complexity index is 833. The lowest BCUT2D eigenvalue weighted by molar-refractivity contribution is 0.0943. The molecule has 0 unspecified atom stereocenters. The van der Waals surface area contributed by atoms with Gasteiger partial charge in [-0.1, -0.05) is 30.3 Å². The molecule has 0 saturated carbocycles. The van der Waals surface area contributed by atoms with E-state index >= 15 is 0 Å². The van der Waals surface area contributed by atoms with E-state index in [1.165, 1.54) is 25.3 Å². The Morgan fingerprint density at radius 2 is 1.80 bits per heavy atom. The van der Waals surface area contributed by atoms with Crippen molar-refractivity contribution >= 4 is 15.9 Å². The van der Waals surface area contributed by atoms with E-state index in [0.717, 1.165) is 5.56 Å². The molecule has 0 bridgehead atoms. The largest absolute Gasteiger partial charge is 0.495 e. The summed E-state index contributed by atoms with van der Waals surface area (Å²) in [6.45, 7) is 3.82. The molecule has 0 heterocycles. The third-order valence-electron chi connectivity index (χ3n) is 3.44. The number of hydrogen-bond acceptors (Lipinski definition) is 4. The Morgan fingerprint density at radius 3 is 2.40 bits per heavy atom. The number of methoxy groups -OCH3 is 1. The standard InChI is InChI=1S/C18H22N2O4S/c1-13(2)20-18(21)15-9-10-16(24-3)17(11-15)25(22,23)19-12-14-7-5-4-6-8-14/h4-11,13,19H,12H2,1-3H3,(H,20,21). The molecule has 0 fully saturated rings. The second-order valence-electron chi connectivity index (χ2n) is 5.80. The number of amides is 1. The van der Waals surface area contributed by atoms with Crippen molar-refractivity contribution in [2.45, 2.75) is 31.3 Å². The number of rotatable bonds is 7. The summed E-state index contributed by atoms with van der Waals surface area (Å²) in [5, 5.41) is 2.74. The van der Waals surface area contributed by atoms with Gasteiger partial charge in [-0.3, -0.25) is 4.79 Å². The van der Waals surface area contributed by atoms with E-state index < -0.39 is 10.0 Å². The van der Waals surface area contributed by atoms with Gasteiger partial charge in [0.1, 0.15) is 10.6 Å². The molecule has 25 heavy (non-hydrogen) atoms. The fourth-order valence-corrected chi connectivity index (χ4v) is 3.44. The molecule has 6 nitrogen and oxygen atoms in total. The Balaban J connectivity index is 2.29. The first-order valence-electron chi connectivity index (χ1n) is 7.86. The van der Waals surface area contributed by atoms with Crippen LogP contribution in [-0.4, -0.2) is 27.5 Å². The van der Waals surface area contributed by atoms with E-state index in [9.17, 15) is 13.2 Å². The Labute approximate surface area is 148 Å². The molecule has 0 aliphatic rings. The van der Waals surface area contributed by atoms with Crippen LogP contribution < -0.4 is 14.8 Å². The van der Waals surface area contributed by atoms with Gasteiger partial charge in [-0.15, -0.1) is 0 Å². The van der Waals surface area contributed by atoms with E-state index in [2.05, 4.69) is 10.0 Å². The van der Waals surface area contributed by atoms with Gasteiger partial charge in [-0.05, 0) is 37.6 Å². The normalized spacial score (nSPS) is 11.4. The predicted octanol–water partition coefficient (Wildman–Crippen LogP) is 2.31. The molecule has 2 N–H and O–H groups in total. The van der Waals surface area contributed by atoms with Gasteiger partial charge >= 0.3 is 0 Å². The smallest absolute Gasteiger partial charge is 0.251 e. The van der Waals surface area contributed by atoms with Crippen molar-refractivity contribution < 1.29 is 17.9 Å². The van der Waals surface area contributed by atoms with Gasteiger partial charge < -0.3 is 10.1 Å². The van der Waals surface area contributed by atoms with Crippen molar-refractivity contribution in [3.63, 3.8) is 0 Å². The zero-order valence-electron chi connectivity index (χ0n) is 14.4. The minimum atomic E-state index is -3.84. The van der Waals surface area contributed by atoms with Crippen LogP contribution in [0.25, 0.3) is 0 Å². The minimum Gasteiger partial charge on any atom is -0.495 e. The zero-order chi connectivity index (χ0) is 18.4. The van der Waals surface area contributed by atoms with Crippen LogP contribution in [0.3, 0.4) is 0 Å². The molecule has 0 radical (unpaired) electrons. The van der Waals surface area contributed by atoms with Crippen molar-refractivity contribution in [3.8, 4) is 5.75 Å². The molecule has 7 heteroatoms. The van der Waals surface area contributed by atoms with Gasteiger partial charge in [0.05, 0.1) is 7.11 Å². The van der Waals surface area contributed by atoms with E-state index in [4.69, 9.17) is 4.74 Å². The Hall–Kier alpha value is -2.38. The topological polar surface area (TPSA) is 84.5 Å². The van der Waals surface area contributed by atoms with Crippen molar-refractivity contribution in [2.24, 2.45) is 0 Å². The molecule has 0 aromatic heterocycles. The molecule has 0 aliphatic heterocycles. The van der Waals surface area contributed by atoms with Gasteiger partial charge in [0.25, 0.3) is 5.91 Å². The third kappa shape index (κ3) is 5.04. The summed E-state index contributed by atoms with van der Waals surface area (Å²) in [5.41, 5.74) is 1.09. The van der Waals surface area contributed by atoms with Crippen LogP contribution in [0.4, 0.5) is 0 Å². The van der Waals surface area contributed by atoms with Crippen LogP contribution in [-0.2, 0) is 16.6 Å². The maximum Gasteiger partial charge on any atom is 0.251 e. The molecule has 2 rings (SSSR count). The van der Waals surface area contributed by atoms with Gasteiger partial charge in [0.15, 0.2) is 0 Å². The molecular formula is C18H22N2O4S. The monoisotopic (exact) mass is 362 g/mol. The van der Waals surface area contributed by atoms with Crippen LogP contribution in [0.15, 0.2) is 53.4 Å². The molecule has 134 valence electrons. The Morgan fingerprint density at radius 1 is 1.12 bits per heavy atom. The van der Waals surface area contributed by atoms with Crippen LogP contribution >= 0.6 is 0 Å². The molecule has 0 saturated heterocycles. The lowest BCUT2D eigenvalue weighted by Gasteiger charge is -2.13. The highest BCUT2D eigenvalue weighted by atomic mass is 32.2. The SMILES string of the molecule is COc1ccc(C(=O)NC(C)C)cc1S(=O)(=O)NCc1ccccc1. The second kappa shape index (κ2) is 8.13. The van der Waals surface area contributed by atoms with Gasteiger partial charge in [-0.25, -0.2) is 13.1 Å². The summed E-state index contributed by atoms with van der Waals surface area (Å²) in [7, 11) is -2.45. The number of benzene rings is 2. The number of sulfonamides is 1. The van der Waals surface area contributed by atoms with E-state index in [0.29, 0.717) is 0 Å². The molecule has 0 atom stereocenters. The maximum absolute atomic E-state index is 12.7. The third-order valence-corrected chi connectivity index (χ3v) is 4.87. The van der Waals surface area contributed by atoms with Gasteiger partial charge in [0.2, 0.25) is 10.0 Å². The van der Waals surface area contributed by atoms with Crippen LogP contribution in [0, 0.1) is 0 Å². The average Bonchev–Trinajstić information content (AvgIpc) is 2.60. The maximum atomic E-state index is 12.7. The molecule has 2 aromatic rings. The number of carbonyl (C=O) groups is 1.